The molecule has 102 valence electrons. The summed E-state index contributed by atoms with van der Waals surface area (Å²) in [6, 6.07) is 0.0404. The zero-order chi connectivity index (χ0) is 13.6. The van der Waals surface area contributed by atoms with Crippen molar-refractivity contribution in [3.05, 3.63) is 0 Å². The number of ether oxygens (including phenoxy) is 2. The zero-order valence-corrected chi connectivity index (χ0v) is 9.37. The van der Waals surface area contributed by atoms with Gasteiger partial charge in [0.15, 0.2) is 0 Å². The maximum Gasteiger partial charge on any atom is 0.411 e. The number of hydrogen-bond acceptors (Lipinski definition) is 5. The number of anilines is 1. The summed E-state index contributed by atoms with van der Waals surface area (Å²) in [6.45, 7) is -1.72. The van der Waals surface area contributed by atoms with E-state index < -0.39 is 18.7 Å². The van der Waals surface area contributed by atoms with Crippen molar-refractivity contribution in [2.45, 2.75) is 12.6 Å². The molecule has 2 N–H and O–H groups in total. The summed E-state index contributed by atoms with van der Waals surface area (Å²) in [7, 11) is 1.35. The molecule has 0 aliphatic heterocycles. The Hall–Kier alpha value is -1.84. The van der Waals surface area contributed by atoms with Gasteiger partial charge in [-0.2, -0.15) is 18.2 Å². The van der Waals surface area contributed by atoms with Crippen molar-refractivity contribution in [3.8, 4) is 6.01 Å². The van der Waals surface area contributed by atoms with Crippen LogP contribution in [0.1, 0.15) is 6.42 Å². The van der Waals surface area contributed by atoms with E-state index in [2.05, 4.69) is 30.0 Å². The number of hydrogen-bond donors (Lipinski definition) is 2. The standard InChI is InChI=1S/C8H11F3N4O3/c1-17-7-13-6(14-15-7)12-5(16)2-3-18-4-8(9,10)11/h2-4H2,1H3,(H2,12,13,14,15,16). The zero-order valence-electron chi connectivity index (χ0n) is 9.37. The number of carbonyl (C=O) groups excluding carboxylic acids is 1. The number of amides is 1. The van der Waals surface area contributed by atoms with Gasteiger partial charge in [-0.15, -0.1) is 5.10 Å². The van der Waals surface area contributed by atoms with Gasteiger partial charge in [-0.05, 0) is 0 Å². The van der Waals surface area contributed by atoms with Crippen LogP contribution in [0.15, 0.2) is 0 Å². The molecule has 0 bridgehead atoms. The fourth-order valence-electron chi connectivity index (χ4n) is 0.941. The van der Waals surface area contributed by atoms with Crippen LogP contribution in [0.5, 0.6) is 6.01 Å². The Balaban J connectivity index is 2.21. The monoisotopic (exact) mass is 268 g/mol. The Morgan fingerprint density at radius 1 is 1.50 bits per heavy atom. The van der Waals surface area contributed by atoms with Crippen LogP contribution in [0.3, 0.4) is 0 Å². The third-order valence-corrected chi connectivity index (χ3v) is 1.64. The smallest absolute Gasteiger partial charge is 0.411 e. The van der Waals surface area contributed by atoms with Crippen LogP contribution < -0.4 is 10.1 Å². The number of aromatic amines is 1. The van der Waals surface area contributed by atoms with Gasteiger partial charge < -0.3 is 9.47 Å². The van der Waals surface area contributed by atoms with E-state index in [1.807, 2.05) is 0 Å². The molecular weight excluding hydrogens is 257 g/mol. The molecule has 0 saturated carbocycles. The highest BCUT2D eigenvalue weighted by molar-refractivity contribution is 5.88. The maximum absolute atomic E-state index is 11.7. The predicted molar refractivity (Wildman–Crippen MR) is 53.1 cm³/mol. The molecule has 0 aliphatic rings. The number of halogens is 3. The van der Waals surface area contributed by atoms with Crippen molar-refractivity contribution in [1.82, 2.24) is 15.2 Å². The predicted octanol–water partition coefficient (Wildman–Crippen LogP) is 0.721. The topological polar surface area (TPSA) is 89.1 Å². The van der Waals surface area contributed by atoms with E-state index >= 15 is 0 Å². The molecule has 1 amide bonds. The Labute approximate surface area is 99.7 Å². The van der Waals surface area contributed by atoms with E-state index in [0.717, 1.165) is 0 Å². The molecule has 0 aromatic carbocycles. The molecule has 1 aromatic heterocycles. The first kappa shape index (κ1) is 14.2. The minimum atomic E-state index is -4.39. The molecule has 1 rings (SSSR count). The quantitative estimate of drug-likeness (QED) is 0.742. The third-order valence-electron chi connectivity index (χ3n) is 1.64. The number of methoxy groups -OCH3 is 1. The summed E-state index contributed by atoms with van der Waals surface area (Å²) in [4.78, 5) is 14.9. The molecule has 0 unspecified atom stereocenters. The average Bonchev–Trinajstić information content (AvgIpc) is 2.71. The second kappa shape index (κ2) is 6.19. The van der Waals surface area contributed by atoms with Crippen LogP contribution in [0.4, 0.5) is 19.1 Å². The Bertz CT molecular complexity index is 393. The average molecular weight is 268 g/mol. The first-order chi connectivity index (χ1) is 8.40. The van der Waals surface area contributed by atoms with Crippen LogP contribution in [0.25, 0.3) is 0 Å². The minimum Gasteiger partial charge on any atom is -0.466 e. The number of carbonyl (C=O) groups is 1. The van der Waals surface area contributed by atoms with Gasteiger partial charge in [-0.25, -0.2) is 5.10 Å². The Morgan fingerprint density at radius 2 is 2.22 bits per heavy atom. The SMILES string of the molecule is COc1n[nH]c(NC(=O)CCOCC(F)(F)F)n1. The molecule has 18 heavy (non-hydrogen) atoms. The first-order valence-electron chi connectivity index (χ1n) is 4.81. The van der Waals surface area contributed by atoms with Crippen molar-refractivity contribution >= 4 is 11.9 Å². The molecule has 1 heterocycles. The summed E-state index contributed by atoms with van der Waals surface area (Å²) in [5, 5.41) is 8.21. The highest BCUT2D eigenvalue weighted by atomic mass is 19.4. The van der Waals surface area contributed by atoms with Gasteiger partial charge in [0.1, 0.15) is 6.61 Å². The lowest BCUT2D eigenvalue weighted by Crippen LogP contribution is -2.20. The van der Waals surface area contributed by atoms with Crippen molar-refractivity contribution in [2.75, 3.05) is 25.6 Å². The molecule has 0 atom stereocenters. The number of alkyl halides is 3. The fraction of sp³-hybridized carbons (Fsp3) is 0.625. The number of aromatic nitrogens is 3. The van der Waals surface area contributed by atoms with Crippen LogP contribution >= 0.6 is 0 Å². The number of nitrogens with one attached hydrogen (secondary N) is 2. The van der Waals surface area contributed by atoms with E-state index in [4.69, 9.17) is 0 Å². The van der Waals surface area contributed by atoms with Gasteiger partial charge in [-0.3, -0.25) is 10.1 Å². The maximum atomic E-state index is 11.7. The van der Waals surface area contributed by atoms with E-state index in [1.54, 1.807) is 0 Å². The molecule has 0 saturated heterocycles. The summed E-state index contributed by atoms with van der Waals surface area (Å²) in [6.07, 6.45) is -4.62. The molecule has 10 heteroatoms. The third kappa shape index (κ3) is 5.48. The normalized spacial score (nSPS) is 11.3. The number of nitrogens with zero attached hydrogens (tertiary/aromatic N) is 2. The number of H-pyrrole nitrogens is 1. The van der Waals surface area contributed by atoms with Crippen molar-refractivity contribution in [2.24, 2.45) is 0 Å². The van der Waals surface area contributed by atoms with Crippen LogP contribution in [0, 0.1) is 0 Å². The molecular formula is C8H11F3N4O3. The van der Waals surface area contributed by atoms with E-state index in [0.29, 0.717) is 0 Å². The van der Waals surface area contributed by atoms with Gasteiger partial charge in [0.05, 0.1) is 20.1 Å². The van der Waals surface area contributed by atoms with Crippen LogP contribution in [-0.2, 0) is 9.53 Å². The van der Waals surface area contributed by atoms with E-state index in [-0.39, 0.29) is 25.0 Å². The molecule has 1 aromatic rings. The van der Waals surface area contributed by atoms with Gasteiger partial charge >= 0.3 is 12.2 Å². The summed E-state index contributed by atoms with van der Waals surface area (Å²) in [5.74, 6) is -0.497. The van der Waals surface area contributed by atoms with Crippen LogP contribution in [0.2, 0.25) is 0 Å². The van der Waals surface area contributed by atoms with Crippen molar-refractivity contribution in [3.63, 3.8) is 0 Å². The fourth-order valence-corrected chi connectivity index (χ4v) is 0.941. The summed E-state index contributed by atoms with van der Waals surface area (Å²) >= 11 is 0. The molecule has 7 nitrogen and oxygen atoms in total. The Kier molecular flexibility index (Phi) is 4.89. The van der Waals surface area contributed by atoms with E-state index in [1.165, 1.54) is 7.11 Å². The summed E-state index contributed by atoms with van der Waals surface area (Å²) in [5.41, 5.74) is 0. The van der Waals surface area contributed by atoms with Crippen molar-refractivity contribution < 1.29 is 27.4 Å². The summed E-state index contributed by atoms with van der Waals surface area (Å²) < 4.78 is 44.1. The molecule has 0 aliphatic carbocycles. The molecule has 0 radical (unpaired) electrons. The number of rotatable bonds is 6. The van der Waals surface area contributed by atoms with Gasteiger partial charge in [0.2, 0.25) is 11.9 Å². The van der Waals surface area contributed by atoms with Crippen molar-refractivity contribution in [1.29, 1.82) is 0 Å². The van der Waals surface area contributed by atoms with Gasteiger partial charge in [-0.1, -0.05) is 0 Å². The second-order valence-corrected chi connectivity index (χ2v) is 3.14. The molecule has 0 spiro atoms. The van der Waals surface area contributed by atoms with Crippen LogP contribution in [-0.4, -0.2) is 47.6 Å². The van der Waals surface area contributed by atoms with Gasteiger partial charge in [0, 0.05) is 0 Å². The highest BCUT2D eigenvalue weighted by Crippen LogP contribution is 2.14. The lowest BCUT2D eigenvalue weighted by Gasteiger charge is -2.06. The lowest BCUT2D eigenvalue weighted by molar-refractivity contribution is -0.174. The second-order valence-electron chi connectivity index (χ2n) is 3.14. The first-order valence-corrected chi connectivity index (χ1v) is 4.81. The Morgan fingerprint density at radius 3 is 2.78 bits per heavy atom. The van der Waals surface area contributed by atoms with Gasteiger partial charge in [0.25, 0.3) is 0 Å². The van der Waals surface area contributed by atoms with E-state index in [9.17, 15) is 18.0 Å². The highest BCUT2D eigenvalue weighted by Gasteiger charge is 2.27. The molecule has 0 fully saturated rings. The lowest BCUT2D eigenvalue weighted by atomic mass is 10.4. The largest absolute Gasteiger partial charge is 0.466 e. The minimum absolute atomic E-state index is 0.0404.